The summed E-state index contributed by atoms with van der Waals surface area (Å²) in [6.45, 7) is 5.45. The lowest BCUT2D eigenvalue weighted by atomic mass is 9.99. The van der Waals surface area contributed by atoms with Crippen LogP contribution in [-0.2, 0) is 19.4 Å². The summed E-state index contributed by atoms with van der Waals surface area (Å²) in [6, 6.07) is 23.9. The van der Waals surface area contributed by atoms with Gasteiger partial charge in [-0.2, -0.15) is 0 Å². The van der Waals surface area contributed by atoms with Crippen molar-refractivity contribution in [3.05, 3.63) is 95.1 Å². The van der Waals surface area contributed by atoms with E-state index in [-0.39, 0.29) is 5.91 Å². The predicted octanol–water partition coefficient (Wildman–Crippen LogP) is 5.20. The molecule has 0 saturated heterocycles. The van der Waals surface area contributed by atoms with Crippen LogP contribution in [0.5, 0.6) is 11.5 Å². The molecule has 156 valence electrons. The van der Waals surface area contributed by atoms with Crippen LogP contribution in [0.2, 0.25) is 0 Å². The molecule has 3 aromatic rings. The van der Waals surface area contributed by atoms with E-state index < -0.39 is 0 Å². The highest BCUT2D eigenvalue weighted by Gasteiger charge is 2.12. The van der Waals surface area contributed by atoms with Gasteiger partial charge in [0.05, 0.1) is 13.2 Å². The molecule has 0 bridgehead atoms. The van der Waals surface area contributed by atoms with Crippen molar-refractivity contribution in [2.24, 2.45) is 0 Å². The number of carbonyl (C=O) groups is 1. The Morgan fingerprint density at radius 1 is 0.767 bits per heavy atom. The Balaban J connectivity index is 1.66. The van der Waals surface area contributed by atoms with Gasteiger partial charge in [-0.15, -0.1) is 0 Å². The van der Waals surface area contributed by atoms with Crippen LogP contribution in [0.25, 0.3) is 0 Å². The predicted molar refractivity (Wildman–Crippen MR) is 120 cm³/mol. The van der Waals surface area contributed by atoms with Gasteiger partial charge in [-0.3, -0.25) is 4.79 Å². The van der Waals surface area contributed by atoms with Gasteiger partial charge in [-0.25, -0.2) is 0 Å². The molecule has 3 aromatic carbocycles. The summed E-state index contributed by atoms with van der Waals surface area (Å²) in [5.74, 6) is 1.36. The Kier molecular flexibility index (Phi) is 7.90. The van der Waals surface area contributed by atoms with E-state index >= 15 is 0 Å². The third-order valence-corrected chi connectivity index (χ3v) is 4.85. The molecular weight excluding hydrogens is 374 g/mol. The number of amides is 1. The number of nitrogens with one attached hydrogen (secondary N) is 1. The maximum Gasteiger partial charge on any atom is 0.251 e. The SMILES string of the molecule is CCOc1ccc(CNC(=O)c2ccccc2CCc2ccccc2)cc1OCC. The van der Waals surface area contributed by atoms with E-state index in [9.17, 15) is 4.79 Å². The third-order valence-electron chi connectivity index (χ3n) is 4.85. The molecule has 0 radical (unpaired) electrons. The molecule has 3 rings (SSSR count). The van der Waals surface area contributed by atoms with Crippen molar-refractivity contribution in [3.63, 3.8) is 0 Å². The summed E-state index contributed by atoms with van der Waals surface area (Å²) in [4.78, 5) is 12.9. The first-order chi connectivity index (χ1) is 14.7. The fraction of sp³-hybridized carbons (Fsp3) is 0.269. The zero-order valence-corrected chi connectivity index (χ0v) is 17.7. The maximum absolute atomic E-state index is 12.9. The lowest BCUT2D eigenvalue weighted by molar-refractivity contribution is 0.0950. The highest BCUT2D eigenvalue weighted by molar-refractivity contribution is 5.95. The van der Waals surface area contributed by atoms with Crippen LogP contribution in [0.4, 0.5) is 0 Å². The number of hydrogen-bond acceptors (Lipinski definition) is 3. The fourth-order valence-electron chi connectivity index (χ4n) is 3.37. The maximum atomic E-state index is 12.9. The van der Waals surface area contributed by atoms with Crippen molar-refractivity contribution < 1.29 is 14.3 Å². The molecule has 0 atom stereocenters. The summed E-state index contributed by atoms with van der Waals surface area (Å²) in [5.41, 5.74) is 4.02. The minimum atomic E-state index is -0.0643. The minimum absolute atomic E-state index is 0.0643. The van der Waals surface area contributed by atoms with Crippen LogP contribution in [0.15, 0.2) is 72.8 Å². The number of rotatable bonds is 10. The number of aryl methyl sites for hydroxylation is 2. The Morgan fingerprint density at radius 3 is 2.23 bits per heavy atom. The number of benzene rings is 3. The van der Waals surface area contributed by atoms with Gasteiger partial charge in [0.15, 0.2) is 11.5 Å². The average Bonchev–Trinajstić information content (AvgIpc) is 2.79. The van der Waals surface area contributed by atoms with Crippen LogP contribution < -0.4 is 14.8 Å². The topological polar surface area (TPSA) is 47.6 Å². The lowest BCUT2D eigenvalue weighted by Gasteiger charge is -2.14. The van der Waals surface area contributed by atoms with E-state index in [4.69, 9.17) is 9.47 Å². The van der Waals surface area contributed by atoms with Crippen LogP contribution >= 0.6 is 0 Å². The molecule has 0 heterocycles. The second-order valence-corrected chi connectivity index (χ2v) is 6.97. The van der Waals surface area contributed by atoms with Crippen molar-refractivity contribution in [2.75, 3.05) is 13.2 Å². The van der Waals surface area contributed by atoms with E-state index in [1.54, 1.807) is 0 Å². The molecule has 30 heavy (non-hydrogen) atoms. The molecule has 4 nitrogen and oxygen atoms in total. The molecule has 0 aliphatic carbocycles. The Hall–Kier alpha value is -3.27. The zero-order valence-electron chi connectivity index (χ0n) is 17.7. The molecule has 0 aromatic heterocycles. The summed E-state index contributed by atoms with van der Waals surface area (Å²) in [6.07, 6.45) is 1.73. The fourth-order valence-corrected chi connectivity index (χ4v) is 3.37. The van der Waals surface area contributed by atoms with Crippen molar-refractivity contribution >= 4 is 5.91 Å². The summed E-state index contributed by atoms with van der Waals surface area (Å²) in [7, 11) is 0. The first-order valence-electron chi connectivity index (χ1n) is 10.5. The highest BCUT2D eigenvalue weighted by atomic mass is 16.5. The van der Waals surface area contributed by atoms with Crippen LogP contribution in [-0.4, -0.2) is 19.1 Å². The lowest BCUT2D eigenvalue weighted by Crippen LogP contribution is -2.24. The zero-order chi connectivity index (χ0) is 21.2. The molecular formula is C26H29NO3. The van der Waals surface area contributed by atoms with E-state index in [1.807, 2.05) is 74.5 Å². The molecule has 4 heteroatoms. The van der Waals surface area contributed by atoms with Crippen molar-refractivity contribution in [1.29, 1.82) is 0 Å². The number of ether oxygens (including phenoxy) is 2. The van der Waals surface area contributed by atoms with Crippen molar-refractivity contribution in [3.8, 4) is 11.5 Å². The van der Waals surface area contributed by atoms with E-state index in [1.165, 1.54) is 5.56 Å². The molecule has 0 aliphatic heterocycles. The normalized spacial score (nSPS) is 10.5. The van der Waals surface area contributed by atoms with Crippen LogP contribution in [0.1, 0.15) is 40.9 Å². The van der Waals surface area contributed by atoms with Gasteiger partial charge in [0.2, 0.25) is 0 Å². The monoisotopic (exact) mass is 403 g/mol. The molecule has 1 N–H and O–H groups in total. The van der Waals surface area contributed by atoms with Crippen molar-refractivity contribution in [2.45, 2.75) is 33.2 Å². The smallest absolute Gasteiger partial charge is 0.251 e. The van der Waals surface area contributed by atoms with E-state index in [2.05, 4.69) is 17.4 Å². The van der Waals surface area contributed by atoms with Gasteiger partial charge in [0.1, 0.15) is 0 Å². The van der Waals surface area contributed by atoms with Gasteiger partial charge < -0.3 is 14.8 Å². The van der Waals surface area contributed by atoms with Crippen LogP contribution in [0, 0.1) is 0 Å². The largest absolute Gasteiger partial charge is 0.490 e. The summed E-state index contributed by atoms with van der Waals surface area (Å²) >= 11 is 0. The molecule has 0 fully saturated rings. The Morgan fingerprint density at radius 2 is 1.47 bits per heavy atom. The molecule has 0 saturated carbocycles. The average molecular weight is 404 g/mol. The molecule has 0 aliphatic rings. The van der Waals surface area contributed by atoms with Gasteiger partial charge in [0, 0.05) is 12.1 Å². The van der Waals surface area contributed by atoms with Crippen LogP contribution in [0.3, 0.4) is 0 Å². The van der Waals surface area contributed by atoms with Gasteiger partial charge in [0.25, 0.3) is 5.91 Å². The number of carbonyl (C=O) groups excluding carboxylic acids is 1. The van der Waals surface area contributed by atoms with Crippen molar-refractivity contribution in [1.82, 2.24) is 5.32 Å². The molecule has 0 unspecified atom stereocenters. The summed E-state index contributed by atoms with van der Waals surface area (Å²) < 4.78 is 11.3. The van der Waals surface area contributed by atoms with Gasteiger partial charge in [-0.1, -0.05) is 54.6 Å². The Bertz CT molecular complexity index is 954. The first-order valence-corrected chi connectivity index (χ1v) is 10.5. The second-order valence-electron chi connectivity index (χ2n) is 6.97. The van der Waals surface area contributed by atoms with E-state index in [0.717, 1.165) is 35.3 Å². The third kappa shape index (κ3) is 5.86. The van der Waals surface area contributed by atoms with Gasteiger partial charge >= 0.3 is 0 Å². The highest BCUT2D eigenvalue weighted by Crippen LogP contribution is 2.28. The quantitative estimate of drug-likeness (QED) is 0.506. The molecule has 0 spiro atoms. The second kappa shape index (κ2) is 11.1. The standard InChI is InChI=1S/C26H29NO3/c1-3-29-24-17-15-21(18-25(24)30-4-2)19-27-26(28)23-13-9-8-12-22(23)16-14-20-10-6-5-7-11-20/h5-13,15,17-18H,3-4,14,16,19H2,1-2H3,(H,27,28). The Labute approximate surface area is 178 Å². The first kappa shape index (κ1) is 21.4. The molecule has 1 amide bonds. The minimum Gasteiger partial charge on any atom is -0.490 e. The van der Waals surface area contributed by atoms with Gasteiger partial charge in [-0.05, 0) is 61.6 Å². The van der Waals surface area contributed by atoms with E-state index in [0.29, 0.717) is 25.5 Å². The number of hydrogen-bond donors (Lipinski definition) is 1. The summed E-state index contributed by atoms with van der Waals surface area (Å²) in [5, 5.41) is 3.04.